The van der Waals surface area contributed by atoms with Crippen molar-refractivity contribution in [2.45, 2.75) is 25.4 Å². The van der Waals surface area contributed by atoms with Gasteiger partial charge in [0.1, 0.15) is 17.8 Å². The zero-order valence-corrected chi connectivity index (χ0v) is 13.8. The topological polar surface area (TPSA) is 102 Å². The van der Waals surface area contributed by atoms with Crippen LogP contribution in [0.5, 0.6) is 5.75 Å². The molecule has 6 heteroatoms. The molecule has 3 N–H and O–H groups in total. The molecule has 0 aliphatic heterocycles. The van der Waals surface area contributed by atoms with Gasteiger partial charge in [-0.2, -0.15) is 5.26 Å². The van der Waals surface area contributed by atoms with Crippen molar-refractivity contribution in [3.05, 3.63) is 65.7 Å². The molecule has 6 nitrogen and oxygen atoms in total. The van der Waals surface area contributed by atoms with E-state index in [0.29, 0.717) is 5.56 Å². The maximum absolute atomic E-state index is 12.4. The van der Waals surface area contributed by atoms with Gasteiger partial charge in [-0.15, -0.1) is 0 Å². The standard InChI is InChI=1S/C19H19N3O3/c1-13(12-20)21-19(25)17(11-14-7-9-16(23)10-8-14)22-18(24)15-5-3-2-4-6-15/h2-10,13,17,23H,11H2,1H3,(H,21,25)(H,22,24). The Balaban J connectivity index is 2.16. The van der Waals surface area contributed by atoms with Crippen LogP contribution in [0.15, 0.2) is 54.6 Å². The second kappa shape index (κ2) is 8.50. The monoisotopic (exact) mass is 337 g/mol. The minimum atomic E-state index is -0.840. The smallest absolute Gasteiger partial charge is 0.251 e. The van der Waals surface area contributed by atoms with E-state index in [0.717, 1.165) is 5.56 Å². The van der Waals surface area contributed by atoms with Gasteiger partial charge in [-0.3, -0.25) is 9.59 Å². The summed E-state index contributed by atoms with van der Waals surface area (Å²) in [6.07, 6.45) is 0.239. The van der Waals surface area contributed by atoms with E-state index in [-0.39, 0.29) is 18.1 Å². The summed E-state index contributed by atoms with van der Waals surface area (Å²) in [5.74, 6) is -0.688. The number of hydrogen-bond acceptors (Lipinski definition) is 4. The number of phenols is 1. The van der Waals surface area contributed by atoms with Crippen LogP contribution in [-0.4, -0.2) is 29.0 Å². The number of hydrogen-bond donors (Lipinski definition) is 3. The molecule has 0 saturated heterocycles. The Morgan fingerprint density at radius 1 is 1.08 bits per heavy atom. The van der Waals surface area contributed by atoms with E-state index >= 15 is 0 Å². The number of benzene rings is 2. The predicted molar refractivity (Wildman–Crippen MR) is 92.7 cm³/mol. The number of nitriles is 1. The Bertz CT molecular complexity index is 767. The third kappa shape index (κ3) is 5.36. The van der Waals surface area contributed by atoms with E-state index in [1.165, 1.54) is 12.1 Å². The van der Waals surface area contributed by atoms with Gasteiger partial charge in [-0.1, -0.05) is 30.3 Å². The minimum absolute atomic E-state index is 0.121. The zero-order valence-electron chi connectivity index (χ0n) is 13.8. The lowest BCUT2D eigenvalue weighted by Crippen LogP contribution is -2.50. The van der Waals surface area contributed by atoms with E-state index in [9.17, 15) is 14.7 Å². The summed E-state index contributed by atoms with van der Waals surface area (Å²) in [5, 5.41) is 23.5. The maximum Gasteiger partial charge on any atom is 0.251 e. The van der Waals surface area contributed by atoms with Gasteiger partial charge in [0, 0.05) is 12.0 Å². The van der Waals surface area contributed by atoms with Crippen LogP contribution in [0.2, 0.25) is 0 Å². The number of rotatable bonds is 6. The van der Waals surface area contributed by atoms with Crippen LogP contribution < -0.4 is 10.6 Å². The highest BCUT2D eigenvalue weighted by molar-refractivity contribution is 5.97. The quantitative estimate of drug-likeness (QED) is 0.747. The largest absolute Gasteiger partial charge is 0.508 e. The molecule has 0 fully saturated rings. The molecule has 0 heterocycles. The second-order valence-corrected chi connectivity index (χ2v) is 5.62. The van der Waals surface area contributed by atoms with Gasteiger partial charge in [-0.05, 0) is 36.8 Å². The summed E-state index contributed by atoms with van der Waals surface area (Å²) in [6.45, 7) is 1.56. The lowest BCUT2D eigenvalue weighted by Gasteiger charge is -2.19. The molecule has 0 saturated carbocycles. The lowest BCUT2D eigenvalue weighted by atomic mass is 10.0. The fraction of sp³-hybridized carbons (Fsp3) is 0.211. The predicted octanol–water partition coefficient (Wildman–Crippen LogP) is 1.76. The highest BCUT2D eigenvalue weighted by atomic mass is 16.3. The van der Waals surface area contributed by atoms with Crippen LogP contribution in [0.25, 0.3) is 0 Å². The molecule has 2 amide bonds. The van der Waals surface area contributed by atoms with Gasteiger partial charge in [0.05, 0.1) is 6.07 Å². The number of nitrogens with one attached hydrogen (secondary N) is 2. The number of phenolic OH excluding ortho intramolecular Hbond substituents is 1. The second-order valence-electron chi connectivity index (χ2n) is 5.62. The van der Waals surface area contributed by atoms with Crippen LogP contribution in [0.1, 0.15) is 22.8 Å². The molecule has 2 atom stereocenters. The van der Waals surface area contributed by atoms with Crippen molar-refractivity contribution in [2.75, 3.05) is 0 Å². The SMILES string of the molecule is CC(C#N)NC(=O)C(Cc1ccc(O)cc1)NC(=O)c1ccccc1. The van der Waals surface area contributed by atoms with E-state index in [4.69, 9.17) is 5.26 Å². The van der Waals surface area contributed by atoms with E-state index in [2.05, 4.69) is 10.6 Å². The Morgan fingerprint density at radius 2 is 1.72 bits per heavy atom. The molecule has 0 aliphatic carbocycles. The van der Waals surface area contributed by atoms with Crippen molar-refractivity contribution in [2.24, 2.45) is 0 Å². The molecular weight excluding hydrogens is 318 g/mol. The van der Waals surface area contributed by atoms with E-state index in [1.807, 2.05) is 6.07 Å². The van der Waals surface area contributed by atoms with Gasteiger partial charge in [0.25, 0.3) is 5.91 Å². The molecular formula is C19H19N3O3. The summed E-state index contributed by atoms with van der Waals surface area (Å²) in [5.41, 5.74) is 1.22. The summed E-state index contributed by atoms with van der Waals surface area (Å²) in [7, 11) is 0. The Labute approximate surface area is 146 Å². The summed E-state index contributed by atoms with van der Waals surface area (Å²) < 4.78 is 0. The molecule has 2 rings (SSSR count). The van der Waals surface area contributed by atoms with Crippen molar-refractivity contribution in [1.29, 1.82) is 5.26 Å². The first-order chi connectivity index (χ1) is 12.0. The van der Waals surface area contributed by atoms with Crippen LogP contribution >= 0.6 is 0 Å². The van der Waals surface area contributed by atoms with Gasteiger partial charge in [0.15, 0.2) is 0 Å². The van der Waals surface area contributed by atoms with Gasteiger partial charge in [0.2, 0.25) is 5.91 Å². The Hall–Kier alpha value is -3.33. The first kappa shape index (κ1) is 18.0. The molecule has 128 valence electrons. The number of carbonyl (C=O) groups is 2. The van der Waals surface area contributed by atoms with Crippen LogP contribution in [0.4, 0.5) is 0 Å². The average molecular weight is 337 g/mol. The highest BCUT2D eigenvalue weighted by Crippen LogP contribution is 2.12. The number of nitrogens with zero attached hydrogens (tertiary/aromatic N) is 1. The number of aromatic hydroxyl groups is 1. The molecule has 2 aromatic carbocycles. The molecule has 0 aromatic heterocycles. The van der Waals surface area contributed by atoms with E-state index < -0.39 is 18.0 Å². The third-order valence-electron chi connectivity index (χ3n) is 3.59. The van der Waals surface area contributed by atoms with Crippen LogP contribution in [0.3, 0.4) is 0 Å². The molecule has 2 aromatic rings. The van der Waals surface area contributed by atoms with Gasteiger partial charge < -0.3 is 15.7 Å². The molecule has 25 heavy (non-hydrogen) atoms. The molecule has 0 aliphatic rings. The summed E-state index contributed by atoms with van der Waals surface area (Å²) >= 11 is 0. The Kier molecular flexibility index (Phi) is 6.13. The first-order valence-electron chi connectivity index (χ1n) is 7.83. The normalized spacial score (nSPS) is 12.5. The average Bonchev–Trinajstić information content (AvgIpc) is 2.63. The van der Waals surface area contributed by atoms with Crippen molar-refractivity contribution in [3.8, 4) is 11.8 Å². The van der Waals surface area contributed by atoms with Gasteiger partial charge >= 0.3 is 0 Å². The molecule has 2 unspecified atom stereocenters. The lowest BCUT2D eigenvalue weighted by molar-refractivity contribution is -0.123. The molecule has 0 spiro atoms. The zero-order chi connectivity index (χ0) is 18.2. The van der Waals surface area contributed by atoms with Crippen molar-refractivity contribution >= 4 is 11.8 Å². The number of carbonyl (C=O) groups excluding carboxylic acids is 2. The van der Waals surface area contributed by atoms with Crippen molar-refractivity contribution in [1.82, 2.24) is 10.6 Å². The minimum Gasteiger partial charge on any atom is -0.508 e. The van der Waals surface area contributed by atoms with Crippen molar-refractivity contribution < 1.29 is 14.7 Å². The fourth-order valence-electron chi connectivity index (χ4n) is 2.25. The maximum atomic E-state index is 12.4. The van der Waals surface area contributed by atoms with Crippen LogP contribution in [-0.2, 0) is 11.2 Å². The first-order valence-corrected chi connectivity index (χ1v) is 7.83. The van der Waals surface area contributed by atoms with Crippen molar-refractivity contribution in [3.63, 3.8) is 0 Å². The number of amides is 2. The summed E-state index contributed by atoms with van der Waals surface area (Å²) in [6, 6.07) is 15.4. The van der Waals surface area contributed by atoms with Crippen LogP contribution in [0, 0.1) is 11.3 Å². The molecule has 0 bridgehead atoms. The highest BCUT2D eigenvalue weighted by Gasteiger charge is 2.23. The van der Waals surface area contributed by atoms with Gasteiger partial charge in [-0.25, -0.2) is 0 Å². The molecule has 0 radical (unpaired) electrons. The third-order valence-corrected chi connectivity index (χ3v) is 3.59. The fourth-order valence-corrected chi connectivity index (χ4v) is 2.25. The Morgan fingerprint density at radius 3 is 2.32 bits per heavy atom. The van der Waals surface area contributed by atoms with E-state index in [1.54, 1.807) is 49.4 Å². The summed E-state index contributed by atoms with van der Waals surface area (Å²) in [4.78, 5) is 24.8.